The summed E-state index contributed by atoms with van der Waals surface area (Å²) in [4.78, 5) is 17.0. The van der Waals surface area contributed by atoms with E-state index in [0.717, 1.165) is 26.9 Å². The Morgan fingerprint density at radius 2 is 1.77 bits per heavy atom. The van der Waals surface area contributed by atoms with Crippen molar-refractivity contribution in [2.75, 3.05) is 5.32 Å². The zero-order valence-electron chi connectivity index (χ0n) is 14.8. The summed E-state index contributed by atoms with van der Waals surface area (Å²) in [6, 6.07) is 12.8. The molecular weight excluding hydrogens is 394 g/mol. The number of carbonyl (C=O) groups is 1. The number of urea groups is 1. The van der Waals surface area contributed by atoms with Gasteiger partial charge in [-0.2, -0.15) is 5.10 Å². The Morgan fingerprint density at radius 3 is 2.35 bits per heavy atom. The molecule has 0 spiro atoms. The van der Waals surface area contributed by atoms with Crippen molar-refractivity contribution in [1.82, 2.24) is 20.5 Å². The molecule has 1 heterocycles. The SMILES string of the molecule is Cc1nc(C(NC(=O)Nc2c(C)cc(Br)cc2C)c2ccccc2)n[nH]1. The number of benzene rings is 2. The van der Waals surface area contributed by atoms with E-state index in [1.165, 1.54) is 0 Å². The number of hydrogen-bond acceptors (Lipinski definition) is 3. The number of nitrogens with zero attached hydrogens (tertiary/aromatic N) is 2. The molecule has 3 rings (SSSR count). The molecule has 2 amide bonds. The second-order valence-corrected chi connectivity index (χ2v) is 7.05. The van der Waals surface area contributed by atoms with Crippen LogP contribution in [0.4, 0.5) is 10.5 Å². The number of rotatable bonds is 4. The largest absolute Gasteiger partial charge is 0.324 e. The molecular formula is C19H20BrN5O. The number of anilines is 1. The van der Waals surface area contributed by atoms with Crippen LogP contribution in [0.1, 0.15) is 34.4 Å². The number of halogens is 1. The topological polar surface area (TPSA) is 82.7 Å². The standard InChI is InChI=1S/C19H20BrN5O/c1-11-9-15(20)10-12(2)16(11)22-19(26)23-17(14-7-5-4-6-8-14)18-21-13(3)24-25-18/h4-10,17H,1-3H3,(H,21,24,25)(H2,22,23,26). The fourth-order valence-electron chi connectivity index (χ4n) is 2.82. The summed E-state index contributed by atoms with van der Waals surface area (Å²) in [5.41, 5.74) is 3.67. The van der Waals surface area contributed by atoms with E-state index in [2.05, 4.69) is 41.7 Å². The fourth-order valence-corrected chi connectivity index (χ4v) is 3.51. The lowest BCUT2D eigenvalue weighted by molar-refractivity contribution is 0.249. The van der Waals surface area contributed by atoms with E-state index in [9.17, 15) is 4.79 Å². The van der Waals surface area contributed by atoms with Crippen molar-refractivity contribution in [3.05, 3.63) is 75.3 Å². The number of nitrogens with one attached hydrogen (secondary N) is 3. The van der Waals surface area contributed by atoms with Crippen molar-refractivity contribution in [3.63, 3.8) is 0 Å². The van der Waals surface area contributed by atoms with Gasteiger partial charge in [0.25, 0.3) is 0 Å². The molecule has 26 heavy (non-hydrogen) atoms. The third-order valence-corrected chi connectivity index (χ3v) is 4.47. The van der Waals surface area contributed by atoms with Gasteiger partial charge in [0.1, 0.15) is 11.9 Å². The number of aromatic amines is 1. The Hall–Kier alpha value is -2.67. The zero-order chi connectivity index (χ0) is 18.7. The molecule has 6 nitrogen and oxygen atoms in total. The van der Waals surface area contributed by atoms with Crippen LogP contribution in [-0.2, 0) is 0 Å². The predicted molar refractivity (Wildman–Crippen MR) is 105 cm³/mol. The number of hydrogen-bond donors (Lipinski definition) is 3. The lowest BCUT2D eigenvalue weighted by Crippen LogP contribution is -2.34. The van der Waals surface area contributed by atoms with Crippen LogP contribution in [0.25, 0.3) is 0 Å². The first-order valence-electron chi connectivity index (χ1n) is 8.22. The van der Waals surface area contributed by atoms with Crippen LogP contribution in [0.15, 0.2) is 46.9 Å². The first-order valence-corrected chi connectivity index (χ1v) is 9.01. The van der Waals surface area contributed by atoms with Gasteiger partial charge in [0.05, 0.1) is 0 Å². The fraction of sp³-hybridized carbons (Fsp3) is 0.211. The molecule has 1 aromatic heterocycles. The summed E-state index contributed by atoms with van der Waals surface area (Å²) in [5, 5.41) is 13.0. The number of aryl methyl sites for hydroxylation is 3. The summed E-state index contributed by atoms with van der Waals surface area (Å²) in [5.74, 6) is 1.22. The Labute approximate surface area is 160 Å². The van der Waals surface area contributed by atoms with E-state index >= 15 is 0 Å². The van der Waals surface area contributed by atoms with Gasteiger partial charge in [-0.25, -0.2) is 9.78 Å². The number of carbonyl (C=O) groups excluding carboxylic acids is 1. The van der Waals surface area contributed by atoms with Gasteiger partial charge in [0.2, 0.25) is 0 Å². The average molecular weight is 414 g/mol. The van der Waals surface area contributed by atoms with Crippen molar-refractivity contribution in [3.8, 4) is 0 Å². The molecule has 0 bridgehead atoms. The molecule has 0 aliphatic rings. The lowest BCUT2D eigenvalue weighted by atomic mass is 10.1. The molecule has 3 aromatic rings. The number of aromatic nitrogens is 3. The number of H-pyrrole nitrogens is 1. The van der Waals surface area contributed by atoms with Crippen molar-refractivity contribution in [2.24, 2.45) is 0 Å². The van der Waals surface area contributed by atoms with E-state index in [-0.39, 0.29) is 6.03 Å². The third kappa shape index (κ3) is 4.11. The van der Waals surface area contributed by atoms with Crippen LogP contribution >= 0.6 is 15.9 Å². The Balaban J connectivity index is 1.84. The molecule has 0 saturated heterocycles. The normalized spacial score (nSPS) is 11.8. The zero-order valence-corrected chi connectivity index (χ0v) is 16.4. The number of amides is 2. The highest BCUT2D eigenvalue weighted by Gasteiger charge is 2.21. The summed E-state index contributed by atoms with van der Waals surface area (Å²) in [7, 11) is 0. The van der Waals surface area contributed by atoms with E-state index in [0.29, 0.717) is 11.6 Å². The minimum Gasteiger partial charge on any atom is -0.324 e. The molecule has 0 radical (unpaired) electrons. The first-order chi connectivity index (χ1) is 12.4. The molecule has 0 saturated carbocycles. The van der Waals surface area contributed by atoms with Crippen molar-refractivity contribution in [2.45, 2.75) is 26.8 Å². The molecule has 0 aliphatic carbocycles. The van der Waals surface area contributed by atoms with Gasteiger partial charge < -0.3 is 10.6 Å². The Kier molecular flexibility index (Phi) is 5.37. The van der Waals surface area contributed by atoms with Gasteiger partial charge in [-0.05, 0) is 49.6 Å². The van der Waals surface area contributed by atoms with Gasteiger partial charge in [0.15, 0.2) is 5.82 Å². The molecule has 2 aromatic carbocycles. The quantitative estimate of drug-likeness (QED) is 0.592. The van der Waals surface area contributed by atoms with Crippen LogP contribution in [0, 0.1) is 20.8 Å². The molecule has 0 fully saturated rings. The van der Waals surface area contributed by atoms with Crippen LogP contribution in [0.5, 0.6) is 0 Å². The van der Waals surface area contributed by atoms with Gasteiger partial charge in [-0.3, -0.25) is 5.10 Å². The Morgan fingerprint density at radius 1 is 1.12 bits per heavy atom. The predicted octanol–water partition coefficient (Wildman–Crippen LogP) is 4.40. The van der Waals surface area contributed by atoms with Crippen molar-refractivity contribution in [1.29, 1.82) is 0 Å². The summed E-state index contributed by atoms with van der Waals surface area (Å²) in [6.07, 6.45) is 0. The van der Waals surface area contributed by atoms with E-state index < -0.39 is 6.04 Å². The molecule has 1 unspecified atom stereocenters. The highest BCUT2D eigenvalue weighted by atomic mass is 79.9. The minimum atomic E-state index is -0.447. The molecule has 1 atom stereocenters. The van der Waals surface area contributed by atoms with Crippen LogP contribution in [0.2, 0.25) is 0 Å². The maximum absolute atomic E-state index is 12.7. The Bertz CT molecular complexity index is 900. The minimum absolute atomic E-state index is 0.310. The summed E-state index contributed by atoms with van der Waals surface area (Å²) in [6.45, 7) is 5.74. The monoisotopic (exact) mass is 413 g/mol. The maximum atomic E-state index is 12.7. The summed E-state index contributed by atoms with van der Waals surface area (Å²) < 4.78 is 0.983. The van der Waals surface area contributed by atoms with Crippen molar-refractivity contribution < 1.29 is 4.79 Å². The average Bonchev–Trinajstić information content (AvgIpc) is 3.03. The lowest BCUT2D eigenvalue weighted by Gasteiger charge is -2.18. The highest BCUT2D eigenvalue weighted by Crippen LogP contribution is 2.25. The van der Waals surface area contributed by atoms with Crippen molar-refractivity contribution >= 4 is 27.6 Å². The second-order valence-electron chi connectivity index (χ2n) is 6.14. The van der Waals surface area contributed by atoms with Crippen LogP contribution in [-0.4, -0.2) is 21.2 Å². The molecule has 7 heteroatoms. The molecule has 134 valence electrons. The maximum Gasteiger partial charge on any atom is 0.320 e. The third-order valence-electron chi connectivity index (χ3n) is 4.02. The molecule has 0 aliphatic heterocycles. The highest BCUT2D eigenvalue weighted by molar-refractivity contribution is 9.10. The summed E-state index contributed by atoms with van der Waals surface area (Å²) >= 11 is 3.47. The van der Waals surface area contributed by atoms with E-state index in [1.54, 1.807) is 0 Å². The molecule has 3 N–H and O–H groups in total. The van der Waals surface area contributed by atoms with Gasteiger partial charge in [-0.15, -0.1) is 0 Å². The second kappa shape index (κ2) is 7.70. The van der Waals surface area contributed by atoms with Crippen LogP contribution in [0.3, 0.4) is 0 Å². The van der Waals surface area contributed by atoms with Gasteiger partial charge in [-0.1, -0.05) is 46.3 Å². The van der Waals surface area contributed by atoms with Gasteiger partial charge in [0, 0.05) is 10.2 Å². The van der Waals surface area contributed by atoms with Crippen LogP contribution < -0.4 is 10.6 Å². The smallest absolute Gasteiger partial charge is 0.320 e. The van der Waals surface area contributed by atoms with E-state index in [4.69, 9.17) is 0 Å². The van der Waals surface area contributed by atoms with Gasteiger partial charge >= 0.3 is 6.03 Å². The van der Waals surface area contributed by atoms with E-state index in [1.807, 2.05) is 63.2 Å². The first kappa shape index (κ1) is 18.1.